The summed E-state index contributed by atoms with van der Waals surface area (Å²) in [5.41, 5.74) is 0. The zero-order chi connectivity index (χ0) is 15.5. The Kier molecular flexibility index (Phi) is 3.88. The van der Waals surface area contributed by atoms with Crippen LogP contribution < -0.4 is 10.6 Å². The number of nitrogens with one attached hydrogen (secondary N) is 2. The molecule has 0 saturated carbocycles. The molecule has 9 heteroatoms. The summed E-state index contributed by atoms with van der Waals surface area (Å²) in [6, 6.07) is 3.07. The molecule has 0 atom stereocenters. The summed E-state index contributed by atoms with van der Waals surface area (Å²) in [6.07, 6.45) is 3.00. The lowest BCUT2D eigenvalue weighted by molar-refractivity contribution is -0.124. The van der Waals surface area contributed by atoms with Crippen molar-refractivity contribution >= 4 is 29.2 Å². The van der Waals surface area contributed by atoms with Gasteiger partial charge in [-0.1, -0.05) is 0 Å². The van der Waals surface area contributed by atoms with Gasteiger partial charge in [0.1, 0.15) is 4.88 Å². The molecule has 22 heavy (non-hydrogen) atoms. The minimum atomic E-state index is -0.433. The second kappa shape index (κ2) is 5.98. The van der Waals surface area contributed by atoms with E-state index < -0.39 is 6.03 Å². The number of urea groups is 1. The summed E-state index contributed by atoms with van der Waals surface area (Å²) in [6.45, 7) is 0.334. The molecular weight excluding hydrogens is 308 g/mol. The van der Waals surface area contributed by atoms with Crippen molar-refractivity contribution in [1.29, 1.82) is 0 Å². The van der Waals surface area contributed by atoms with Crippen molar-refractivity contribution in [2.45, 2.75) is 0 Å². The Morgan fingerprint density at radius 3 is 3.05 bits per heavy atom. The van der Waals surface area contributed by atoms with Crippen LogP contribution in [-0.4, -0.2) is 47.4 Å². The lowest BCUT2D eigenvalue weighted by Gasteiger charge is -2.12. The number of amides is 4. The maximum atomic E-state index is 12.0. The van der Waals surface area contributed by atoms with Crippen molar-refractivity contribution in [2.75, 3.05) is 19.6 Å². The van der Waals surface area contributed by atoms with E-state index in [1.54, 1.807) is 12.1 Å². The summed E-state index contributed by atoms with van der Waals surface area (Å²) in [4.78, 5) is 40.3. The van der Waals surface area contributed by atoms with Crippen LogP contribution in [0.5, 0.6) is 0 Å². The van der Waals surface area contributed by atoms with Crippen molar-refractivity contribution in [3.8, 4) is 10.8 Å². The van der Waals surface area contributed by atoms with E-state index in [4.69, 9.17) is 4.42 Å². The average molecular weight is 320 g/mol. The molecule has 2 N–H and O–H groups in total. The van der Waals surface area contributed by atoms with Crippen LogP contribution in [0.15, 0.2) is 29.0 Å². The Balaban J connectivity index is 1.54. The van der Waals surface area contributed by atoms with Gasteiger partial charge in [0.15, 0.2) is 10.8 Å². The molecule has 1 aliphatic heterocycles. The Hall–Kier alpha value is -2.68. The first-order valence-corrected chi connectivity index (χ1v) is 7.33. The van der Waals surface area contributed by atoms with E-state index in [2.05, 4.69) is 15.6 Å². The highest BCUT2D eigenvalue weighted by Crippen LogP contribution is 2.25. The van der Waals surface area contributed by atoms with Crippen LogP contribution in [0, 0.1) is 0 Å². The van der Waals surface area contributed by atoms with Gasteiger partial charge in [-0.25, -0.2) is 9.78 Å². The van der Waals surface area contributed by atoms with Gasteiger partial charge in [-0.05, 0) is 12.1 Å². The van der Waals surface area contributed by atoms with Gasteiger partial charge in [0.25, 0.3) is 5.91 Å². The van der Waals surface area contributed by atoms with Crippen molar-refractivity contribution in [3.05, 3.63) is 29.5 Å². The molecule has 0 bridgehead atoms. The minimum absolute atomic E-state index is 0.00807. The van der Waals surface area contributed by atoms with Crippen LogP contribution in [0.3, 0.4) is 0 Å². The molecular formula is C13H12N4O4S. The molecule has 0 radical (unpaired) electrons. The Labute approximate surface area is 129 Å². The number of carbonyl (C=O) groups is 3. The molecule has 2 aromatic rings. The monoisotopic (exact) mass is 320 g/mol. The molecule has 3 heterocycles. The molecule has 1 aliphatic rings. The fourth-order valence-electron chi connectivity index (χ4n) is 1.94. The lowest BCUT2D eigenvalue weighted by atomic mass is 10.4. The van der Waals surface area contributed by atoms with Crippen molar-refractivity contribution in [3.63, 3.8) is 0 Å². The van der Waals surface area contributed by atoms with Gasteiger partial charge < -0.3 is 15.1 Å². The Bertz CT molecular complexity index is 693. The second-order valence-electron chi connectivity index (χ2n) is 4.47. The first-order valence-electron chi connectivity index (χ1n) is 6.51. The topological polar surface area (TPSA) is 105 Å². The smallest absolute Gasteiger partial charge is 0.324 e. The normalized spacial score (nSPS) is 14.3. The molecule has 3 rings (SSSR count). The molecule has 0 aliphatic carbocycles. The van der Waals surface area contributed by atoms with Crippen LogP contribution in [0.25, 0.3) is 10.8 Å². The molecule has 4 amide bonds. The third kappa shape index (κ3) is 2.84. The second-order valence-corrected chi connectivity index (χ2v) is 5.50. The minimum Gasteiger partial charge on any atom is -0.462 e. The molecule has 0 spiro atoms. The number of nitrogens with zero attached hydrogens (tertiary/aromatic N) is 2. The standard InChI is InChI=1S/C13H12N4O4S/c18-10-7-16-13(20)17(10)4-3-14-11(19)9-6-15-12(22-9)8-2-1-5-21-8/h1-2,5-6H,3-4,7H2,(H,14,19)(H,16,20). The average Bonchev–Trinajstić information content (AvgIpc) is 3.22. The van der Waals surface area contributed by atoms with Crippen LogP contribution in [0.2, 0.25) is 0 Å². The van der Waals surface area contributed by atoms with Gasteiger partial charge in [0, 0.05) is 13.1 Å². The van der Waals surface area contributed by atoms with Gasteiger partial charge in [-0.15, -0.1) is 11.3 Å². The number of furan rings is 1. The van der Waals surface area contributed by atoms with E-state index in [1.807, 2.05) is 0 Å². The van der Waals surface area contributed by atoms with Crippen LogP contribution in [0.4, 0.5) is 4.79 Å². The molecule has 1 fully saturated rings. The molecule has 0 aromatic carbocycles. The largest absolute Gasteiger partial charge is 0.462 e. The van der Waals surface area contributed by atoms with E-state index in [0.29, 0.717) is 15.6 Å². The van der Waals surface area contributed by atoms with Gasteiger partial charge >= 0.3 is 6.03 Å². The van der Waals surface area contributed by atoms with Gasteiger partial charge in [-0.3, -0.25) is 14.5 Å². The van der Waals surface area contributed by atoms with Gasteiger partial charge in [0.2, 0.25) is 5.91 Å². The van der Waals surface area contributed by atoms with E-state index >= 15 is 0 Å². The van der Waals surface area contributed by atoms with E-state index in [9.17, 15) is 14.4 Å². The number of carbonyl (C=O) groups excluding carboxylic acids is 3. The Morgan fingerprint density at radius 1 is 1.50 bits per heavy atom. The SMILES string of the molecule is O=C(NCCN1C(=O)CNC1=O)c1cnc(-c2ccco2)s1. The van der Waals surface area contributed by atoms with Crippen LogP contribution in [0.1, 0.15) is 9.67 Å². The van der Waals surface area contributed by atoms with Crippen molar-refractivity contribution < 1.29 is 18.8 Å². The number of aromatic nitrogens is 1. The summed E-state index contributed by atoms with van der Waals surface area (Å²) in [7, 11) is 0. The third-order valence-corrected chi connectivity index (χ3v) is 4.03. The molecule has 114 valence electrons. The predicted molar refractivity (Wildman–Crippen MR) is 77.3 cm³/mol. The quantitative estimate of drug-likeness (QED) is 0.789. The lowest BCUT2D eigenvalue weighted by Crippen LogP contribution is -2.38. The van der Waals surface area contributed by atoms with Crippen LogP contribution in [-0.2, 0) is 4.79 Å². The first kappa shape index (κ1) is 14.3. The van der Waals surface area contributed by atoms with Gasteiger partial charge in [-0.2, -0.15) is 0 Å². The maximum absolute atomic E-state index is 12.0. The molecule has 0 unspecified atom stereocenters. The summed E-state index contributed by atoms with van der Waals surface area (Å²) in [5.74, 6) is 0.00268. The highest BCUT2D eigenvalue weighted by Gasteiger charge is 2.27. The molecule has 2 aromatic heterocycles. The number of rotatable bonds is 5. The predicted octanol–water partition coefficient (Wildman–Crippen LogP) is 0.685. The number of thiazole rings is 1. The fraction of sp³-hybridized carbons (Fsp3) is 0.231. The zero-order valence-electron chi connectivity index (χ0n) is 11.4. The van der Waals surface area contributed by atoms with Crippen molar-refractivity contribution in [1.82, 2.24) is 20.5 Å². The summed E-state index contributed by atoms with van der Waals surface area (Å²) in [5, 5.41) is 5.68. The van der Waals surface area contributed by atoms with E-state index in [1.165, 1.54) is 23.8 Å². The van der Waals surface area contributed by atoms with Crippen LogP contribution >= 0.6 is 11.3 Å². The zero-order valence-corrected chi connectivity index (χ0v) is 12.2. The van der Waals surface area contributed by atoms with Gasteiger partial charge in [0.05, 0.1) is 19.0 Å². The number of hydrogen-bond donors (Lipinski definition) is 2. The first-order chi connectivity index (χ1) is 10.6. The third-order valence-electron chi connectivity index (χ3n) is 3.02. The number of hydrogen-bond acceptors (Lipinski definition) is 6. The number of imide groups is 1. The highest BCUT2D eigenvalue weighted by atomic mass is 32.1. The molecule has 1 saturated heterocycles. The summed E-state index contributed by atoms with van der Waals surface area (Å²) < 4.78 is 5.21. The Morgan fingerprint density at radius 2 is 2.36 bits per heavy atom. The van der Waals surface area contributed by atoms with E-state index in [0.717, 1.165) is 4.90 Å². The maximum Gasteiger partial charge on any atom is 0.324 e. The van der Waals surface area contributed by atoms with E-state index in [-0.39, 0.29) is 31.4 Å². The summed E-state index contributed by atoms with van der Waals surface area (Å²) >= 11 is 1.21. The molecule has 8 nitrogen and oxygen atoms in total. The van der Waals surface area contributed by atoms with Crippen molar-refractivity contribution in [2.24, 2.45) is 0 Å². The highest BCUT2D eigenvalue weighted by molar-refractivity contribution is 7.16. The fourth-order valence-corrected chi connectivity index (χ4v) is 2.74.